The van der Waals surface area contributed by atoms with Crippen LogP contribution in [0.4, 0.5) is 0 Å². The SMILES string of the molecule is O=C(NCC(Br)C1CC1)c1cccc(I)c1. The molecule has 0 spiro atoms. The van der Waals surface area contributed by atoms with Gasteiger partial charge in [0.15, 0.2) is 0 Å². The molecule has 1 aliphatic rings. The zero-order valence-electron chi connectivity index (χ0n) is 8.75. The molecule has 1 fully saturated rings. The van der Waals surface area contributed by atoms with Crippen LogP contribution in [-0.4, -0.2) is 17.3 Å². The molecule has 0 heterocycles. The van der Waals surface area contributed by atoms with E-state index in [1.54, 1.807) is 0 Å². The van der Waals surface area contributed by atoms with Gasteiger partial charge >= 0.3 is 0 Å². The minimum atomic E-state index is 0.0172. The molecule has 1 unspecified atom stereocenters. The van der Waals surface area contributed by atoms with Crippen molar-refractivity contribution in [3.63, 3.8) is 0 Å². The maximum atomic E-state index is 11.8. The van der Waals surface area contributed by atoms with Crippen LogP contribution in [-0.2, 0) is 0 Å². The molecule has 4 heteroatoms. The van der Waals surface area contributed by atoms with E-state index in [2.05, 4.69) is 43.8 Å². The molecule has 0 aliphatic heterocycles. The third-order valence-corrected chi connectivity index (χ3v) is 4.42. The monoisotopic (exact) mass is 393 g/mol. The van der Waals surface area contributed by atoms with Crippen LogP contribution in [0.25, 0.3) is 0 Å². The summed E-state index contributed by atoms with van der Waals surface area (Å²) in [5, 5.41) is 2.96. The minimum absolute atomic E-state index is 0.0172. The highest BCUT2D eigenvalue weighted by Crippen LogP contribution is 2.36. The summed E-state index contributed by atoms with van der Waals surface area (Å²) in [5.41, 5.74) is 0.738. The van der Waals surface area contributed by atoms with Crippen LogP contribution in [0.3, 0.4) is 0 Å². The summed E-state index contributed by atoms with van der Waals surface area (Å²) < 4.78 is 1.09. The van der Waals surface area contributed by atoms with E-state index < -0.39 is 0 Å². The van der Waals surface area contributed by atoms with Crippen LogP contribution < -0.4 is 5.32 Å². The number of hydrogen-bond donors (Lipinski definition) is 1. The molecule has 1 aliphatic carbocycles. The highest BCUT2D eigenvalue weighted by Gasteiger charge is 2.29. The van der Waals surface area contributed by atoms with Gasteiger partial charge in [-0.25, -0.2) is 0 Å². The van der Waals surface area contributed by atoms with Gasteiger partial charge in [-0.1, -0.05) is 22.0 Å². The first kappa shape index (κ1) is 12.4. The summed E-state index contributed by atoms with van der Waals surface area (Å²) in [6.07, 6.45) is 2.57. The van der Waals surface area contributed by atoms with Crippen molar-refractivity contribution < 1.29 is 4.79 Å². The molecule has 1 saturated carbocycles. The van der Waals surface area contributed by atoms with E-state index >= 15 is 0 Å². The van der Waals surface area contributed by atoms with Gasteiger partial charge in [0.25, 0.3) is 5.91 Å². The Labute approximate surface area is 117 Å². The number of hydrogen-bond acceptors (Lipinski definition) is 1. The van der Waals surface area contributed by atoms with Crippen molar-refractivity contribution in [2.75, 3.05) is 6.54 Å². The number of carbonyl (C=O) groups is 1. The topological polar surface area (TPSA) is 29.1 Å². The number of nitrogens with one attached hydrogen (secondary N) is 1. The smallest absolute Gasteiger partial charge is 0.251 e. The Morgan fingerprint density at radius 2 is 2.31 bits per heavy atom. The fraction of sp³-hybridized carbons (Fsp3) is 0.417. The molecule has 0 radical (unpaired) electrons. The predicted molar refractivity (Wildman–Crippen MR) is 76.9 cm³/mol. The minimum Gasteiger partial charge on any atom is -0.351 e. The molecule has 1 N–H and O–H groups in total. The highest BCUT2D eigenvalue weighted by atomic mass is 127. The lowest BCUT2D eigenvalue weighted by atomic mass is 10.2. The number of benzene rings is 1. The fourth-order valence-electron chi connectivity index (χ4n) is 1.55. The summed E-state index contributed by atoms with van der Waals surface area (Å²) in [6.45, 7) is 0.717. The van der Waals surface area contributed by atoms with Crippen LogP contribution in [0, 0.1) is 9.49 Å². The van der Waals surface area contributed by atoms with Crippen molar-refractivity contribution in [1.82, 2.24) is 5.32 Å². The first-order chi connectivity index (χ1) is 7.66. The molecule has 2 nitrogen and oxygen atoms in total. The predicted octanol–water partition coefficient (Wildman–Crippen LogP) is 3.19. The van der Waals surface area contributed by atoms with Crippen molar-refractivity contribution in [3.05, 3.63) is 33.4 Å². The molecule has 0 bridgehead atoms. The lowest BCUT2D eigenvalue weighted by Gasteiger charge is -2.10. The van der Waals surface area contributed by atoms with Gasteiger partial charge in [-0.05, 0) is 59.5 Å². The molecule has 16 heavy (non-hydrogen) atoms. The summed E-state index contributed by atoms with van der Waals surface area (Å²) in [7, 11) is 0. The number of alkyl halides is 1. The summed E-state index contributed by atoms with van der Waals surface area (Å²) >= 11 is 5.82. The van der Waals surface area contributed by atoms with Gasteiger partial charge in [0, 0.05) is 20.5 Å². The van der Waals surface area contributed by atoms with E-state index in [9.17, 15) is 4.79 Å². The standard InChI is InChI=1S/C12H13BrINO/c13-11(8-4-5-8)7-15-12(16)9-2-1-3-10(14)6-9/h1-3,6,8,11H,4-5,7H2,(H,15,16). The van der Waals surface area contributed by atoms with Crippen LogP contribution >= 0.6 is 38.5 Å². The maximum Gasteiger partial charge on any atom is 0.251 e. The molecular formula is C12H13BrINO. The normalized spacial score (nSPS) is 16.9. The molecule has 1 amide bonds. The second-order valence-electron chi connectivity index (χ2n) is 4.07. The van der Waals surface area contributed by atoms with E-state index in [4.69, 9.17) is 0 Å². The number of halogens is 2. The van der Waals surface area contributed by atoms with Crippen molar-refractivity contribution in [3.8, 4) is 0 Å². The Kier molecular flexibility index (Phi) is 4.24. The van der Waals surface area contributed by atoms with Gasteiger partial charge in [-0.3, -0.25) is 4.79 Å². The molecule has 1 aromatic carbocycles. The molecule has 0 aromatic heterocycles. The van der Waals surface area contributed by atoms with Crippen LogP contribution in [0.2, 0.25) is 0 Å². The van der Waals surface area contributed by atoms with Gasteiger partial charge < -0.3 is 5.32 Å². The summed E-state index contributed by atoms with van der Waals surface area (Å²) in [6, 6.07) is 7.63. The van der Waals surface area contributed by atoms with Crippen LogP contribution in [0.5, 0.6) is 0 Å². The van der Waals surface area contributed by atoms with Crippen molar-refractivity contribution in [1.29, 1.82) is 0 Å². The fourth-order valence-corrected chi connectivity index (χ4v) is 2.78. The van der Waals surface area contributed by atoms with Crippen molar-refractivity contribution >= 4 is 44.4 Å². The Bertz CT molecular complexity index is 392. The van der Waals surface area contributed by atoms with E-state index in [0.717, 1.165) is 21.6 Å². The third kappa shape index (κ3) is 3.45. The Morgan fingerprint density at radius 3 is 2.94 bits per heavy atom. The molecule has 2 rings (SSSR count). The third-order valence-electron chi connectivity index (χ3n) is 2.68. The first-order valence-corrected chi connectivity index (χ1v) is 7.34. The second kappa shape index (κ2) is 5.49. The largest absolute Gasteiger partial charge is 0.351 e. The Balaban J connectivity index is 1.87. The average Bonchev–Trinajstić information content (AvgIpc) is 3.09. The van der Waals surface area contributed by atoms with Gasteiger partial charge in [-0.2, -0.15) is 0 Å². The average molecular weight is 394 g/mol. The van der Waals surface area contributed by atoms with Crippen LogP contribution in [0.15, 0.2) is 24.3 Å². The van der Waals surface area contributed by atoms with Gasteiger partial charge in [-0.15, -0.1) is 0 Å². The molecular weight excluding hydrogens is 381 g/mol. The lowest BCUT2D eigenvalue weighted by Crippen LogP contribution is -2.30. The number of carbonyl (C=O) groups excluding carboxylic acids is 1. The summed E-state index contributed by atoms with van der Waals surface area (Å²) in [5.74, 6) is 0.778. The number of amides is 1. The highest BCUT2D eigenvalue weighted by molar-refractivity contribution is 14.1. The van der Waals surface area contributed by atoms with E-state index in [-0.39, 0.29) is 5.91 Å². The zero-order valence-corrected chi connectivity index (χ0v) is 12.5. The second-order valence-corrected chi connectivity index (χ2v) is 6.50. The lowest BCUT2D eigenvalue weighted by molar-refractivity contribution is 0.0953. The van der Waals surface area contributed by atoms with Crippen molar-refractivity contribution in [2.24, 2.45) is 5.92 Å². The number of rotatable bonds is 4. The quantitative estimate of drug-likeness (QED) is 0.617. The zero-order chi connectivity index (χ0) is 11.5. The van der Waals surface area contributed by atoms with E-state index in [1.807, 2.05) is 24.3 Å². The van der Waals surface area contributed by atoms with Crippen molar-refractivity contribution in [2.45, 2.75) is 17.7 Å². The molecule has 86 valence electrons. The van der Waals surface area contributed by atoms with E-state index in [1.165, 1.54) is 12.8 Å². The van der Waals surface area contributed by atoms with Crippen LogP contribution in [0.1, 0.15) is 23.2 Å². The molecule has 0 saturated heterocycles. The summed E-state index contributed by atoms with van der Waals surface area (Å²) in [4.78, 5) is 12.2. The van der Waals surface area contributed by atoms with Gasteiger partial charge in [0.05, 0.1) is 0 Å². The Morgan fingerprint density at radius 1 is 1.56 bits per heavy atom. The molecule has 1 atom stereocenters. The van der Waals surface area contributed by atoms with Gasteiger partial charge in [0.1, 0.15) is 0 Å². The Hall–Kier alpha value is -0.100. The maximum absolute atomic E-state index is 11.8. The molecule has 1 aromatic rings. The first-order valence-electron chi connectivity index (χ1n) is 5.34. The van der Waals surface area contributed by atoms with Gasteiger partial charge in [0.2, 0.25) is 0 Å². The van der Waals surface area contributed by atoms with E-state index in [0.29, 0.717) is 4.83 Å².